The van der Waals surface area contributed by atoms with Gasteiger partial charge < -0.3 is 14.2 Å². The third-order valence-electron chi connectivity index (χ3n) is 6.42. The number of benzene rings is 3. The fraction of sp³-hybridized carbons (Fsp3) is 0.286. The molecule has 3 aromatic carbocycles. The predicted molar refractivity (Wildman–Crippen MR) is 130 cm³/mol. The molecular formula is C28H29N3O2. The van der Waals surface area contributed by atoms with E-state index in [-0.39, 0.29) is 5.91 Å². The highest BCUT2D eigenvalue weighted by atomic mass is 16.5. The van der Waals surface area contributed by atoms with Crippen molar-refractivity contribution in [1.29, 1.82) is 0 Å². The number of nitrogens with zero attached hydrogens (tertiary/aromatic N) is 3. The lowest BCUT2D eigenvalue weighted by molar-refractivity contribution is -0.139. The minimum atomic E-state index is -0.494. The number of fused-ring (bicyclic) bond motifs is 1. The maximum Gasteiger partial charge on any atom is 0.263 e. The second kappa shape index (κ2) is 9.49. The summed E-state index contributed by atoms with van der Waals surface area (Å²) in [6, 6.07) is 28.7. The maximum absolute atomic E-state index is 13.0. The Morgan fingerprint density at radius 1 is 0.939 bits per heavy atom. The molecule has 0 aliphatic carbocycles. The Bertz CT molecular complexity index is 1210. The molecule has 0 N–H and O–H groups in total. The third kappa shape index (κ3) is 4.63. The summed E-state index contributed by atoms with van der Waals surface area (Å²) >= 11 is 0. The fourth-order valence-corrected chi connectivity index (χ4v) is 4.76. The van der Waals surface area contributed by atoms with Gasteiger partial charge in [0.1, 0.15) is 11.6 Å². The van der Waals surface area contributed by atoms with Gasteiger partial charge in [0, 0.05) is 25.6 Å². The molecule has 1 aliphatic heterocycles. The van der Waals surface area contributed by atoms with Gasteiger partial charge in [-0.2, -0.15) is 0 Å². The lowest BCUT2D eigenvalue weighted by atomic mass is 10.0. The molecule has 5 rings (SSSR count). The number of ether oxygens (including phenoxy) is 1. The van der Waals surface area contributed by atoms with Gasteiger partial charge in [0.25, 0.3) is 5.91 Å². The second-order valence-electron chi connectivity index (χ2n) is 8.68. The molecule has 5 nitrogen and oxygen atoms in total. The highest BCUT2D eigenvalue weighted by molar-refractivity contribution is 5.81. The number of rotatable bonds is 6. The van der Waals surface area contributed by atoms with E-state index in [9.17, 15) is 4.79 Å². The topological polar surface area (TPSA) is 47.4 Å². The van der Waals surface area contributed by atoms with Gasteiger partial charge in [0.15, 0.2) is 6.10 Å². The molecule has 1 saturated heterocycles. The smallest absolute Gasteiger partial charge is 0.263 e. The number of carbonyl (C=O) groups excluding carboxylic acids is 1. The zero-order chi connectivity index (χ0) is 22.6. The molecule has 0 radical (unpaired) electrons. The Hall–Kier alpha value is -3.60. The van der Waals surface area contributed by atoms with Crippen molar-refractivity contribution >= 4 is 16.9 Å². The predicted octanol–water partition coefficient (Wildman–Crippen LogP) is 5.26. The van der Waals surface area contributed by atoms with E-state index in [1.807, 2.05) is 54.3 Å². The summed E-state index contributed by atoms with van der Waals surface area (Å²) in [7, 11) is 0. The lowest BCUT2D eigenvalue weighted by Gasteiger charge is -2.35. The maximum atomic E-state index is 13.0. The van der Waals surface area contributed by atoms with Crippen LogP contribution in [0.5, 0.6) is 5.75 Å². The number of likely N-dealkylation sites (tertiary alicyclic amines) is 1. The minimum absolute atomic E-state index is 0.0531. The van der Waals surface area contributed by atoms with Crippen molar-refractivity contribution in [3.05, 3.63) is 96.3 Å². The summed E-state index contributed by atoms with van der Waals surface area (Å²) in [5.41, 5.74) is 3.47. The summed E-state index contributed by atoms with van der Waals surface area (Å²) in [6.45, 7) is 3.29. The van der Waals surface area contributed by atoms with E-state index in [0.717, 1.165) is 49.4 Å². The summed E-state index contributed by atoms with van der Waals surface area (Å²) < 4.78 is 8.28. The number of aromatic nitrogens is 2. The first kappa shape index (κ1) is 21.3. The van der Waals surface area contributed by atoms with E-state index in [0.29, 0.717) is 6.04 Å². The Balaban J connectivity index is 1.31. The Labute approximate surface area is 194 Å². The summed E-state index contributed by atoms with van der Waals surface area (Å²) in [4.78, 5) is 19.9. The van der Waals surface area contributed by atoms with Gasteiger partial charge in [0.2, 0.25) is 0 Å². The molecule has 1 fully saturated rings. The highest BCUT2D eigenvalue weighted by Gasteiger charge is 2.29. The van der Waals surface area contributed by atoms with Crippen molar-refractivity contribution in [2.75, 3.05) is 13.1 Å². The SMILES string of the molecule is CC(Oc1ccccc1)C(=O)N1CCC(n2c(Cc3ccccc3)nc3ccccc32)CC1. The number of carbonyl (C=O) groups is 1. The van der Waals surface area contributed by atoms with Gasteiger partial charge in [-0.25, -0.2) is 4.98 Å². The van der Waals surface area contributed by atoms with Crippen LogP contribution in [0.4, 0.5) is 0 Å². The van der Waals surface area contributed by atoms with Crippen LogP contribution in [0, 0.1) is 0 Å². The summed E-state index contributed by atoms with van der Waals surface area (Å²) in [5, 5.41) is 0. The van der Waals surface area contributed by atoms with E-state index in [1.54, 1.807) is 0 Å². The minimum Gasteiger partial charge on any atom is -0.481 e. The van der Waals surface area contributed by atoms with Gasteiger partial charge in [-0.1, -0.05) is 60.7 Å². The quantitative estimate of drug-likeness (QED) is 0.412. The first-order chi connectivity index (χ1) is 16.2. The van der Waals surface area contributed by atoms with E-state index in [4.69, 9.17) is 9.72 Å². The molecule has 168 valence electrons. The Morgan fingerprint density at radius 3 is 2.30 bits per heavy atom. The second-order valence-corrected chi connectivity index (χ2v) is 8.68. The average molecular weight is 440 g/mol. The van der Waals surface area contributed by atoms with Gasteiger partial charge in [0.05, 0.1) is 11.0 Å². The van der Waals surface area contributed by atoms with Crippen LogP contribution in [-0.4, -0.2) is 39.6 Å². The zero-order valence-corrected chi connectivity index (χ0v) is 18.9. The molecule has 5 heteroatoms. The van der Waals surface area contributed by atoms with Gasteiger partial charge >= 0.3 is 0 Å². The van der Waals surface area contributed by atoms with E-state index >= 15 is 0 Å². The molecule has 1 amide bonds. The van der Waals surface area contributed by atoms with Gasteiger partial charge in [-0.3, -0.25) is 4.79 Å². The molecule has 1 aliphatic rings. The van der Waals surface area contributed by atoms with E-state index < -0.39 is 6.10 Å². The Morgan fingerprint density at radius 2 is 1.58 bits per heavy atom. The van der Waals surface area contributed by atoms with Crippen molar-refractivity contribution in [2.45, 2.75) is 38.3 Å². The first-order valence-corrected chi connectivity index (χ1v) is 11.7. The first-order valence-electron chi connectivity index (χ1n) is 11.7. The number of amides is 1. The Kier molecular flexibility index (Phi) is 6.11. The third-order valence-corrected chi connectivity index (χ3v) is 6.42. The van der Waals surface area contributed by atoms with Gasteiger partial charge in [-0.15, -0.1) is 0 Å². The molecule has 2 heterocycles. The van der Waals surface area contributed by atoms with Crippen LogP contribution in [0.15, 0.2) is 84.9 Å². The highest BCUT2D eigenvalue weighted by Crippen LogP contribution is 2.30. The van der Waals surface area contributed by atoms with E-state index in [1.165, 1.54) is 11.1 Å². The number of hydrogen-bond acceptors (Lipinski definition) is 3. The van der Waals surface area contributed by atoms with Crippen LogP contribution >= 0.6 is 0 Å². The van der Waals surface area contributed by atoms with Crippen LogP contribution in [0.1, 0.15) is 37.2 Å². The fourth-order valence-electron chi connectivity index (χ4n) is 4.76. The van der Waals surface area contributed by atoms with Crippen molar-refractivity contribution in [1.82, 2.24) is 14.5 Å². The number of piperidine rings is 1. The number of para-hydroxylation sites is 3. The largest absolute Gasteiger partial charge is 0.481 e. The molecule has 1 atom stereocenters. The van der Waals surface area contributed by atoms with Crippen LogP contribution in [0.2, 0.25) is 0 Å². The van der Waals surface area contributed by atoms with Gasteiger partial charge in [-0.05, 0) is 49.6 Å². The van der Waals surface area contributed by atoms with Crippen LogP contribution in [0.3, 0.4) is 0 Å². The molecular weight excluding hydrogens is 410 g/mol. The van der Waals surface area contributed by atoms with Crippen molar-refractivity contribution in [3.63, 3.8) is 0 Å². The van der Waals surface area contributed by atoms with Crippen molar-refractivity contribution in [2.24, 2.45) is 0 Å². The summed E-state index contributed by atoms with van der Waals surface area (Å²) in [5.74, 6) is 1.87. The monoisotopic (exact) mass is 439 g/mol. The average Bonchev–Trinajstić information content (AvgIpc) is 3.22. The van der Waals surface area contributed by atoms with Crippen LogP contribution < -0.4 is 4.74 Å². The van der Waals surface area contributed by atoms with E-state index in [2.05, 4.69) is 47.0 Å². The normalized spacial score (nSPS) is 15.5. The molecule has 33 heavy (non-hydrogen) atoms. The van der Waals surface area contributed by atoms with Crippen LogP contribution in [-0.2, 0) is 11.2 Å². The molecule has 0 bridgehead atoms. The molecule has 0 spiro atoms. The molecule has 0 saturated carbocycles. The molecule has 1 aromatic heterocycles. The molecule has 4 aromatic rings. The zero-order valence-electron chi connectivity index (χ0n) is 18.9. The lowest BCUT2D eigenvalue weighted by Crippen LogP contribution is -2.45. The summed E-state index contributed by atoms with van der Waals surface area (Å²) in [6.07, 6.45) is 2.13. The standard InChI is InChI=1S/C28H29N3O2/c1-21(33-24-12-6-3-7-13-24)28(32)30-18-16-23(17-19-30)31-26-15-9-8-14-25(26)29-27(31)20-22-10-4-2-5-11-22/h2-15,21,23H,16-20H2,1H3. The number of imidazole rings is 1. The van der Waals surface area contributed by atoms with Crippen LogP contribution in [0.25, 0.3) is 11.0 Å². The number of hydrogen-bond donors (Lipinski definition) is 0. The molecule has 1 unspecified atom stereocenters. The van der Waals surface area contributed by atoms with Crippen molar-refractivity contribution < 1.29 is 9.53 Å². The van der Waals surface area contributed by atoms with Crippen molar-refractivity contribution in [3.8, 4) is 5.75 Å².